The second kappa shape index (κ2) is 4.03. The third-order valence-corrected chi connectivity index (χ3v) is 2.36. The van der Waals surface area contributed by atoms with Crippen molar-refractivity contribution in [2.75, 3.05) is 13.2 Å². The Hall–Kier alpha value is -0.340. The van der Waals surface area contributed by atoms with Crippen LogP contribution in [0.3, 0.4) is 0 Å². The van der Waals surface area contributed by atoms with E-state index in [-0.39, 0.29) is 0 Å². The largest absolute Gasteiger partial charge is 0.395 e. The second-order valence-corrected chi connectivity index (χ2v) is 3.33. The summed E-state index contributed by atoms with van der Waals surface area (Å²) in [5, 5.41) is 37.6. The first-order valence-electron chi connectivity index (χ1n) is 4.15. The summed E-state index contributed by atoms with van der Waals surface area (Å²) in [5.74, 6) is -3.52. The monoisotopic (exact) mass is 213 g/mol. The lowest BCUT2D eigenvalue weighted by Crippen LogP contribution is -2.50. The third-order valence-electron chi connectivity index (χ3n) is 2.36. The van der Waals surface area contributed by atoms with E-state index in [1.807, 2.05) is 0 Å². The highest BCUT2D eigenvalue weighted by Gasteiger charge is 2.52. The van der Waals surface area contributed by atoms with Gasteiger partial charge in [0.25, 0.3) is 5.92 Å². The Bertz CT molecular complexity index is 204. The maximum absolute atomic E-state index is 12.9. The quantitative estimate of drug-likeness (QED) is 0.362. The Labute approximate surface area is 79.0 Å². The van der Waals surface area contributed by atoms with Gasteiger partial charge in [0.1, 0.15) is 18.8 Å². The van der Waals surface area contributed by atoms with Crippen LogP contribution in [0.25, 0.3) is 0 Å². The fourth-order valence-electron chi connectivity index (χ4n) is 1.49. The number of halogens is 2. The molecule has 1 saturated heterocycles. The molecule has 5 nitrogen and oxygen atoms in total. The number of rotatable bonds is 3. The van der Waals surface area contributed by atoms with Crippen LogP contribution in [-0.2, 0) is 0 Å². The molecule has 0 amide bonds. The number of aliphatic hydroxyl groups is 4. The Balaban J connectivity index is 2.74. The highest BCUT2D eigenvalue weighted by molar-refractivity contribution is 5.03. The summed E-state index contributed by atoms with van der Waals surface area (Å²) in [6.45, 7) is -1.98. The van der Waals surface area contributed by atoms with E-state index < -0.39 is 43.4 Å². The summed E-state index contributed by atoms with van der Waals surface area (Å²) in [6.07, 6.45) is -3.16. The van der Waals surface area contributed by atoms with Gasteiger partial charge in [0.05, 0.1) is 18.8 Å². The minimum Gasteiger partial charge on any atom is -0.395 e. The molecule has 0 aromatic carbocycles. The molecular formula is C7H13F2NO4. The van der Waals surface area contributed by atoms with Gasteiger partial charge >= 0.3 is 0 Å². The summed E-state index contributed by atoms with van der Waals surface area (Å²) < 4.78 is 25.9. The molecule has 1 fully saturated rings. The van der Waals surface area contributed by atoms with Crippen LogP contribution in [0.15, 0.2) is 0 Å². The van der Waals surface area contributed by atoms with Crippen molar-refractivity contribution in [3.05, 3.63) is 0 Å². The Morgan fingerprint density at radius 2 is 1.71 bits per heavy atom. The molecule has 4 atom stereocenters. The summed E-state index contributed by atoms with van der Waals surface area (Å²) in [4.78, 5) is 0. The van der Waals surface area contributed by atoms with Crippen LogP contribution in [0.1, 0.15) is 0 Å². The van der Waals surface area contributed by atoms with Gasteiger partial charge in [-0.2, -0.15) is 0 Å². The molecule has 0 radical (unpaired) electrons. The molecule has 0 aliphatic carbocycles. The predicted molar refractivity (Wildman–Crippen MR) is 41.8 cm³/mol. The smallest absolute Gasteiger partial charge is 0.288 e. The van der Waals surface area contributed by atoms with Gasteiger partial charge in [-0.15, -0.1) is 0 Å². The van der Waals surface area contributed by atoms with Gasteiger partial charge in [-0.25, -0.2) is 8.78 Å². The van der Waals surface area contributed by atoms with E-state index in [2.05, 4.69) is 5.32 Å². The summed E-state index contributed by atoms with van der Waals surface area (Å²) in [5.41, 5.74) is 0. The molecule has 5 N–H and O–H groups in total. The number of aliphatic hydroxyl groups excluding tert-OH is 4. The normalized spacial score (nSPS) is 39.0. The highest BCUT2D eigenvalue weighted by atomic mass is 19.3. The van der Waals surface area contributed by atoms with Crippen molar-refractivity contribution in [3.63, 3.8) is 0 Å². The van der Waals surface area contributed by atoms with Gasteiger partial charge in [0, 0.05) is 0 Å². The standard InChI is InChI=1S/C7H13F2NO4/c8-7(9,2-12)6-5(14)4(13)3(1-11)10-6/h3-6,10-14H,1-2H2/t3-,4-,5+,6+/m1/s1. The average molecular weight is 213 g/mol. The SMILES string of the molecule is OC[C@H]1N[C@H](C(F)(F)CO)[C@@H](O)[C@@H]1O. The van der Waals surface area contributed by atoms with E-state index in [0.29, 0.717) is 0 Å². The number of alkyl halides is 2. The molecule has 1 heterocycles. The number of nitrogens with one attached hydrogen (secondary N) is 1. The Kier molecular flexibility index (Phi) is 3.38. The maximum Gasteiger partial charge on any atom is 0.288 e. The summed E-state index contributed by atoms with van der Waals surface area (Å²) in [7, 11) is 0. The zero-order valence-corrected chi connectivity index (χ0v) is 7.27. The lowest BCUT2D eigenvalue weighted by atomic mass is 10.0. The molecule has 0 spiro atoms. The average Bonchev–Trinajstić information content (AvgIpc) is 2.44. The first-order valence-corrected chi connectivity index (χ1v) is 4.15. The molecular weight excluding hydrogens is 200 g/mol. The molecule has 0 unspecified atom stereocenters. The van der Waals surface area contributed by atoms with E-state index in [9.17, 15) is 19.0 Å². The molecule has 1 aliphatic heterocycles. The van der Waals surface area contributed by atoms with Crippen LogP contribution >= 0.6 is 0 Å². The van der Waals surface area contributed by atoms with Gasteiger partial charge in [0.2, 0.25) is 0 Å². The molecule has 7 heteroatoms. The van der Waals surface area contributed by atoms with Crippen LogP contribution < -0.4 is 5.32 Å². The van der Waals surface area contributed by atoms with Crippen LogP contribution in [0.4, 0.5) is 8.78 Å². The fraction of sp³-hybridized carbons (Fsp3) is 1.00. The molecule has 14 heavy (non-hydrogen) atoms. The van der Waals surface area contributed by atoms with Gasteiger partial charge in [-0.3, -0.25) is 5.32 Å². The van der Waals surface area contributed by atoms with E-state index in [0.717, 1.165) is 0 Å². The van der Waals surface area contributed by atoms with Gasteiger partial charge in [0.15, 0.2) is 0 Å². The first-order chi connectivity index (χ1) is 6.44. The second-order valence-electron chi connectivity index (χ2n) is 3.33. The molecule has 0 saturated carbocycles. The topological polar surface area (TPSA) is 93.0 Å². The van der Waals surface area contributed by atoms with Crippen molar-refractivity contribution in [2.45, 2.75) is 30.2 Å². The van der Waals surface area contributed by atoms with E-state index in [1.54, 1.807) is 0 Å². The van der Waals surface area contributed by atoms with E-state index >= 15 is 0 Å². The van der Waals surface area contributed by atoms with Gasteiger partial charge < -0.3 is 20.4 Å². The predicted octanol–water partition coefficient (Wildman–Crippen LogP) is -2.33. The summed E-state index contributed by atoms with van der Waals surface area (Å²) >= 11 is 0. The maximum atomic E-state index is 12.9. The minimum absolute atomic E-state index is 0.559. The minimum atomic E-state index is -3.52. The lowest BCUT2D eigenvalue weighted by molar-refractivity contribution is -0.108. The van der Waals surface area contributed by atoms with Crippen molar-refractivity contribution in [1.82, 2.24) is 5.32 Å². The van der Waals surface area contributed by atoms with Crippen LogP contribution in [0.5, 0.6) is 0 Å². The lowest BCUT2D eigenvalue weighted by Gasteiger charge is -2.24. The van der Waals surface area contributed by atoms with Crippen LogP contribution in [0.2, 0.25) is 0 Å². The highest BCUT2D eigenvalue weighted by Crippen LogP contribution is 2.27. The van der Waals surface area contributed by atoms with Crippen molar-refractivity contribution in [3.8, 4) is 0 Å². The van der Waals surface area contributed by atoms with Crippen LogP contribution in [0, 0.1) is 0 Å². The molecule has 1 aliphatic rings. The number of hydrogen-bond donors (Lipinski definition) is 5. The fourth-order valence-corrected chi connectivity index (χ4v) is 1.49. The van der Waals surface area contributed by atoms with E-state index in [4.69, 9.17) is 10.2 Å². The van der Waals surface area contributed by atoms with Gasteiger partial charge in [-0.1, -0.05) is 0 Å². The van der Waals surface area contributed by atoms with Crippen molar-refractivity contribution in [1.29, 1.82) is 0 Å². The third kappa shape index (κ3) is 1.86. The molecule has 0 aromatic rings. The zero-order chi connectivity index (χ0) is 10.9. The van der Waals surface area contributed by atoms with E-state index in [1.165, 1.54) is 0 Å². The zero-order valence-electron chi connectivity index (χ0n) is 7.27. The first kappa shape index (κ1) is 11.7. The van der Waals surface area contributed by atoms with Crippen LogP contribution in [-0.4, -0.2) is 63.9 Å². The summed E-state index contributed by atoms with van der Waals surface area (Å²) in [6, 6.07) is -2.73. The van der Waals surface area contributed by atoms with Crippen molar-refractivity contribution in [2.24, 2.45) is 0 Å². The Morgan fingerprint density at radius 1 is 1.14 bits per heavy atom. The molecule has 0 bridgehead atoms. The van der Waals surface area contributed by atoms with Gasteiger partial charge in [-0.05, 0) is 0 Å². The number of hydrogen-bond acceptors (Lipinski definition) is 5. The Morgan fingerprint density at radius 3 is 2.07 bits per heavy atom. The molecule has 0 aromatic heterocycles. The molecule has 1 rings (SSSR count). The van der Waals surface area contributed by atoms with Crippen molar-refractivity contribution < 1.29 is 29.2 Å². The van der Waals surface area contributed by atoms with Crippen molar-refractivity contribution >= 4 is 0 Å². The molecule has 84 valence electrons.